The molecule has 21 heavy (non-hydrogen) atoms. The van der Waals surface area contributed by atoms with Gasteiger partial charge in [0.2, 0.25) is 0 Å². The Morgan fingerprint density at radius 1 is 1.52 bits per heavy atom. The molecule has 1 saturated heterocycles. The highest BCUT2D eigenvalue weighted by molar-refractivity contribution is 5.20. The smallest absolute Gasteiger partial charge is 0.306 e. The van der Waals surface area contributed by atoms with Gasteiger partial charge in [-0.25, -0.2) is 0 Å². The first-order chi connectivity index (χ1) is 10.0. The van der Waals surface area contributed by atoms with Gasteiger partial charge in [-0.3, -0.25) is 14.8 Å². The van der Waals surface area contributed by atoms with Gasteiger partial charge in [0.25, 0.3) is 0 Å². The maximum Gasteiger partial charge on any atom is 0.306 e. The maximum atomic E-state index is 10.6. The van der Waals surface area contributed by atoms with Crippen molar-refractivity contribution in [3.8, 4) is 0 Å². The molecule has 1 unspecified atom stereocenters. The van der Waals surface area contributed by atoms with Crippen LogP contribution in [0.4, 0.5) is 5.69 Å². The number of rotatable bonds is 8. The second-order valence-electron chi connectivity index (χ2n) is 5.64. The SMILES string of the molecule is CN(CCN1CCCC1)CC(O)Cn1cc([N+](=O)[O-])cn1. The summed E-state index contributed by atoms with van der Waals surface area (Å²) in [6.07, 6.45) is 4.51. The summed E-state index contributed by atoms with van der Waals surface area (Å²) in [5.41, 5.74) is -0.0513. The zero-order valence-corrected chi connectivity index (χ0v) is 12.4. The molecule has 0 bridgehead atoms. The van der Waals surface area contributed by atoms with Crippen LogP contribution in [-0.4, -0.2) is 75.5 Å². The van der Waals surface area contributed by atoms with E-state index in [1.54, 1.807) is 0 Å². The highest BCUT2D eigenvalue weighted by Gasteiger charge is 2.15. The molecule has 1 aliphatic rings. The Kier molecular flexibility index (Phi) is 5.66. The largest absolute Gasteiger partial charge is 0.390 e. The van der Waals surface area contributed by atoms with Crippen LogP contribution in [0.3, 0.4) is 0 Å². The number of likely N-dealkylation sites (N-methyl/N-ethyl adjacent to an activating group) is 1. The number of aliphatic hydroxyl groups is 1. The number of hydrogen-bond acceptors (Lipinski definition) is 6. The molecule has 1 aromatic rings. The summed E-state index contributed by atoms with van der Waals surface area (Å²) in [6.45, 7) is 5.08. The fraction of sp³-hybridized carbons (Fsp3) is 0.769. The summed E-state index contributed by atoms with van der Waals surface area (Å²) in [4.78, 5) is 14.6. The molecule has 8 heteroatoms. The summed E-state index contributed by atoms with van der Waals surface area (Å²) >= 11 is 0. The van der Waals surface area contributed by atoms with E-state index in [4.69, 9.17) is 0 Å². The van der Waals surface area contributed by atoms with Crippen molar-refractivity contribution in [1.29, 1.82) is 0 Å². The monoisotopic (exact) mass is 297 g/mol. The molecule has 1 aromatic heterocycles. The number of hydrogen-bond donors (Lipinski definition) is 1. The van der Waals surface area contributed by atoms with E-state index in [1.807, 2.05) is 7.05 Å². The second kappa shape index (κ2) is 7.48. The lowest BCUT2D eigenvalue weighted by atomic mass is 10.3. The van der Waals surface area contributed by atoms with Gasteiger partial charge in [-0.05, 0) is 33.0 Å². The summed E-state index contributed by atoms with van der Waals surface area (Å²) < 4.78 is 1.41. The van der Waals surface area contributed by atoms with Crippen LogP contribution in [0.25, 0.3) is 0 Å². The summed E-state index contributed by atoms with van der Waals surface area (Å²) in [7, 11) is 1.98. The Bertz CT molecular complexity index is 458. The molecule has 1 aliphatic heterocycles. The zero-order chi connectivity index (χ0) is 15.2. The number of aromatic nitrogens is 2. The highest BCUT2D eigenvalue weighted by atomic mass is 16.6. The summed E-state index contributed by atoms with van der Waals surface area (Å²) in [6, 6.07) is 0. The van der Waals surface area contributed by atoms with Crippen LogP contribution in [0.15, 0.2) is 12.4 Å². The van der Waals surface area contributed by atoms with Gasteiger partial charge in [0.1, 0.15) is 12.4 Å². The minimum absolute atomic E-state index is 0.0513. The van der Waals surface area contributed by atoms with E-state index >= 15 is 0 Å². The molecule has 0 spiro atoms. The Morgan fingerprint density at radius 3 is 2.86 bits per heavy atom. The Balaban J connectivity index is 1.69. The van der Waals surface area contributed by atoms with Crippen molar-refractivity contribution in [2.75, 3.05) is 39.8 Å². The molecule has 0 amide bonds. The van der Waals surface area contributed by atoms with Crippen molar-refractivity contribution in [3.05, 3.63) is 22.5 Å². The second-order valence-corrected chi connectivity index (χ2v) is 5.64. The van der Waals surface area contributed by atoms with Gasteiger partial charge < -0.3 is 14.9 Å². The molecule has 1 atom stereocenters. The van der Waals surface area contributed by atoms with Crippen LogP contribution in [0.1, 0.15) is 12.8 Å². The third kappa shape index (κ3) is 5.07. The number of nitrogens with zero attached hydrogens (tertiary/aromatic N) is 5. The van der Waals surface area contributed by atoms with Crippen molar-refractivity contribution in [2.24, 2.45) is 0 Å². The van der Waals surface area contributed by atoms with Crippen molar-refractivity contribution in [3.63, 3.8) is 0 Å². The minimum atomic E-state index is -0.590. The molecule has 0 radical (unpaired) electrons. The Hall–Kier alpha value is -1.51. The molecule has 118 valence electrons. The van der Waals surface area contributed by atoms with Crippen molar-refractivity contribution in [2.45, 2.75) is 25.5 Å². The third-order valence-corrected chi connectivity index (χ3v) is 3.75. The summed E-state index contributed by atoms with van der Waals surface area (Å²) in [5, 5.41) is 24.5. The lowest BCUT2D eigenvalue weighted by molar-refractivity contribution is -0.385. The molecule has 0 saturated carbocycles. The minimum Gasteiger partial charge on any atom is -0.390 e. The molecule has 8 nitrogen and oxygen atoms in total. The topological polar surface area (TPSA) is 87.7 Å². The predicted octanol–water partition coefficient (Wildman–Crippen LogP) is 0.180. The lowest BCUT2D eigenvalue weighted by Crippen LogP contribution is -2.37. The van der Waals surface area contributed by atoms with Gasteiger partial charge in [-0.2, -0.15) is 5.10 Å². The normalized spacial score (nSPS) is 17.5. The molecule has 1 N–H and O–H groups in total. The van der Waals surface area contributed by atoms with E-state index in [0.717, 1.165) is 13.1 Å². The molecule has 0 aliphatic carbocycles. The van der Waals surface area contributed by atoms with E-state index in [-0.39, 0.29) is 12.2 Å². The maximum absolute atomic E-state index is 10.6. The fourth-order valence-corrected chi connectivity index (χ4v) is 2.59. The third-order valence-electron chi connectivity index (χ3n) is 3.75. The predicted molar refractivity (Wildman–Crippen MR) is 78.1 cm³/mol. The fourth-order valence-electron chi connectivity index (χ4n) is 2.59. The first-order valence-electron chi connectivity index (χ1n) is 7.30. The van der Waals surface area contributed by atoms with Crippen LogP contribution in [0.5, 0.6) is 0 Å². The van der Waals surface area contributed by atoms with Crippen LogP contribution < -0.4 is 0 Å². The zero-order valence-electron chi connectivity index (χ0n) is 12.4. The average Bonchev–Trinajstić information content (AvgIpc) is 3.06. The number of nitro groups is 1. The van der Waals surface area contributed by atoms with Crippen molar-refractivity contribution >= 4 is 5.69 Å². The van der Waals surface area contributed by atoms with Crippen LogP contribution in [-0.2, 0) is 6.54 Å². The van der Waals surface area contributed by atoms with Gasteiger partial charge in [-0.1, -0.05) is 0 Å². The molecule has 0 aromatic carbocycles. The van der Waals surface area contributed by atoms with Gasteiger partial charge in [0.05, 0.1) is 17.6 Å². The molecular weight excluding hydrogens is 274 g/mol. The highest BCUT2D eigenvalue weighted by Crippen LogP contribution is 2.09. The van der Waals surface area contributed by atoms with E-state index in [0.29, 0.717) is 6.54 Å². The quantitative estimate of drug-likeness (QED) is 0.544. The Morgan fingerprint density at radius 2 is 2.24 bits per heavy atom. The van der Waals surface area contributed by atoms with Crippen LogP contribution >= 0.6 is 0 Å². The molecule has 2 rings (SSSR count). The number of aliphatic hydroxyl groups excluding tert-OH is 1. The van der Waals surface area contributed by atoms with E-state index in [2.05, 4.69) is 14.9 Å². The molecule has 2 heterocycles. The van der Waals surface area contributed by atoms with Gasteiger partial charge in [0, 0.05) is 19.6 Å². The first kappa shape index (κ1) is 15.9. The van der Waals surface area contributed by atoms with Gasteiger partial charge >= 0.3 is 5.69 Å². The van der Waals surface area contributed by atoms with Crippen LogP contribution in [0, 0.1) is 10.1 Å². The van der Waals surface area contributed by atoms with Crippen molar-refractivity contribution < 1.29 is 10.0 Å². The average molecular weight is 297 g/mol. The lowest BCUT2D eigenvalue weighted by Gasteiger charge is -2.23. The Labute approximate surface area is 124 Å². The van der Waals surface area contributed by atoms with E-state index < -0.39 is 11.0 Å². The van der Waals surface area contributed by atoms with Gasteiger partial charge in [0.15, 0.2) is 0 Å². The molecular formula is C13H23N5O3. The van der Waals surface area contributed by atoms with Crippen LogP contribution in [0.2, 0.25) is 0 Å². The molecule has 1 fully saturated rings. The standard InChI is InChI=1S/C13H23N5O3/c1-15(6-7-16-4-2-3-5-16)10-13(19)11-17-9-12(8-14-17)18(20)21/h8-9,13,19H,2-7,10-11H2,1H3. The van der Waals surface area contributed by atoms with Crippen molar-refractivity contribution in [1.82, 2.24) is 19.6 Å². The van der Waals surface area contributed by atoms with Gasteiger partial charge in [-0.15, -0.1) is 0 Å². The summed E-state index contributed by atoms with van der Waals surface area (Å²) in [5.74, 6) is 0. The van der Waals surface area contributed by atoms with E-state index in [1.165, 1.54) is 43.0 Å². The first-order valence-corrected chi connectivity index (χ1v) is 7.30. The van der Waals surface area contributed by atoms with E-state index in [9.17, 15) is 15.2 Å². The number of likely N-dealkylation sites (tertiary alicyclic amines) is 1.